The quantitative estimate of drug-likeness (QED) is 0.666. The van der Waals surface area contributed by atoms with Crippen LogP contribution in [-0.2, 0) is 0 Å². The van der Waals surface area contributed by atoms with Crippen LogP contribution < -0.4 is 19.5 Å². The van der Waals surface area contributed by atoms with E-state index in [0.29, 0.717) is 29.2 Å². The van der Waals surface area contributed by atoms with Gasteiger partial charge in [0.15, 0.2) is 11.5 Å². The predicted octanol–water partition coefficient (Wildman–Crippen LogP) is 3.47. The van der Waals surface area contributed by atoms with Crippen molar-refractivity contribution in [1.29, 1.82) is 0 Å². The highest BCUT2D eigenvalue weighted by Crippen LogP contribution is 2.38. The van der Waals surface area contributed by atoms with E-state index in [0.717, 1.165) is 16.9 Å². The van der Waals surface area contributed by atoms with Crippen molar-refractivity contribution in [2.75, 3.05) is 21.3 Å². The number of aromatic amines is 1. The van der Waals surface area contributed by atoms with Crippen LogP contribution in [0.1, 0.15) is 35.6 Å². The van der Waals surface area contributed by atoms with Crippen LogP contribution in [0, 0.1) is 0 Å². The molecule has 0 bridgehead atoms. The third kappa shape index (κ3) is 3.67. The van der Waals surface area contributed by atoms with Crippen molar-refractivity contribution in [3.05, 3.63) is 47.8 Å². The smallest absolute Gasteiger partial charge is 0.252 e. The van der Waals surface area contributed by atoms with Gasteiger partial charge in [0.05, 0.1) is 38.4 Å². The van der Waals surface area contributed by atoms with Gasteiger partial charge in [-0.3, -0.25) is 4.79 Å². The fourth-order valence-corrected chi connectivity index (χ4v) is 2.96. The van der Waals surface area contributed by atoms with Crippen LogP contribution >= 0.6 is 0 Å². The lowest BCUT2D eigenvalue weighted by Gasteiger charge is -2.17. The highest BCUT2D eigenvalue weighted by molar-refractivity contribution is 5.96. The normalized spacial score (nSPS) is 11.9. The predicted molar refractivity (Wildman–Crippen MR) is 103 cm³/mol. The lowest BCUT2D eigenvalue weighted by Crippen LogP contribution is -2.29. The fraction of sp³-hybridized carbons (Fsp3) is 0.300. The summed E-state index contributed by atoms with van der Waals surface area (Å²) < 4.78 is 15.9. The Labute approximate surface area is 157 Å². The first-order valence-electron chi connectivity index (χ1n) is 8.66. The number of nitrogens with zero attached hydrogens (tertiary/aromatic N) is 1. The molecule has 3 aromatic rings. The third-order valence-electron chi connectivity index (χ3n) is 4.38. The van der Waals surface area contributed by atoms with Crippen molar-refractivity contribution in [2.24, 2.45) is 0 Å². The molecule has 0 saturated carbocycles. The zero-order valence-electron chi connectivity index (χ0n) is 15.8. The molecule has 2 N–H and O–H groups in total. The van der Waals surface area contributed by atoms with Gasteiger partial charge in [-0.2, -0.15) is 0 Å². The standard InChI is InChI=1S/C20H23N3O4/c1-5-13(19-21-14-8-6-7-9-15(14)22-19)23-20(24)12-10-16(25-2)18(27-4)17(11-12)26-3/h6-11,13H,5H2,1-4H3,(H,21,22)(H,23,24). The molecule has 27 heavy (non-hydrogen) atoms. The lowest BCUT2D eigenvalue weighted by molar-refractivity contribution is 0.0933. The minimum atomic E-state index is -0.249. The molecule has 0 aliphatic heterocycles. The first kappa shape index (κ1) is 18.6. The Hall–Kier alpha value is -3.22. The van der Waals surface area contributed by atoms with E-state index in [9.17, 15) is 4.79 Å². The third-order valence-corrected chi connectivity index (χ3v) is 4.38. The molecular formula is C20H23N3O4. The van der Waals surface area contributed by atoms with E-state index in [1.165, 1.54) is 21.3 Å². The van der Waals surface area contributed by atoms with E-state index >= 15 is 0 Å². The van der Waals surface area contributed by atoms with E-state index in [1.807, 2.05) is 31.2 Å². The van der Waals surface area contributed by atoms with Crippen LogP contribution in [0.4, 0.5) is 0 Å². The number of imidazole rings is 1. The summed E-state index contributed by atoms with van der Waals surface area (Å²) in [6.07, 6.45) is 0.690. The summed E-state index contributed by atoms with van der Waals surface area (Å²) in [5, 5.41) is 3.02. The molecule has 7 heteroatoms. The maximum atomic E-state index is 12.8. The van der Waals surface area contributed by atoms with Crippen LogP contribution in [0.25, 0.3) is 11.0 Å². The maximum absolute atomic E-state index is 12.8. The minimum absolute atomic E-state index is 0.246. The van der Waals surface area contributed by atoms with Gasteiger partial charge < -0.3 is 24.5 Å². The molecule has 0 spiro atoms. The molecule has 142 valence electrons. The Balaban J connectivity index is 1.88. The van der Waals surface area contributed by atoms with Crippen molar-refractivity contribution in [3.8, 4) is 17.2 Å². The van der Waals surface area contributed by atoms with Crippen LogP contribution in [0.5, 0.6) is 17.2 Å². The number of methoxy groups -OCH3 is 3. The van der Waals surface area contributed by atoms with Gasteiger partial charge in [0.1, 0.15) is 5.82 Å². The molecule has 3 rings (SSSR count). The van der Waals surface area contributed by atoms with Crippen LogP contribution in [0.15, 0.2) is 36.4 Å². The van der Waals surface area contributed by atoms with Gasteiger partial charge in [0.2, 0.25) is 5.75 Å². The SMILES string of the molecule is CCC(NC(=O)c1cc(OC)c(OC)c(OC)c1)c1nc2ccccc2[nH]1. The van der Waals surface area contributed by atoms with Crippen molar-refractivity contribution in [3.63, 3.8) is 0 Å². The molecule has 0 radical (unpaired) electrons. The maximum Gasteiger partial charge on any atom is 0.252 e. The zero-order valence-corrected chi connectivity index (χ0v) is 15.8. The molecule has 0 fully saturated rings. The van der Waals surface area contributed by atoms with Gasteiger partial charge in [0, 0.05) is 5.56 Å². The number of amides is 1. The first-order valence-corrected chi connectivity index (χ1v) is 8.66. The molecule has 1 atom stereocenters. The number of nitrogens with one attached hydrogen (secondary N) is 2. The fourth-order valence-electron chi connectivity index (χ4n) is 2.96. The Morgan fingerprint density at radius 2 is 1.78 bits per heavy atom. The summed E-state index contributed by atoms with van der Waals surface area (Å²) in [5.74, 6) is 1.78. The van der Waals surface area contributed by atoms with E-state index in [-0.39, 0.29) is 11.9 Å². The summed E-state index contributed by atoms with van der Waals surface area (Å²) in [6, 6.07) is 10.8. The number of para-hydroxylation sites is 2. The van der Waals surface area contributed by atoms with Gasteiger partial charge in [-0.1, -0.05) is 19.1 Å². The molecular weight excluding hydrogens is 346 g/mol. The van der Waals surface area contributed by atoms with Crippen LogP contribution in [0.3, 0.4) is 0 Å². The number of aromatic nitrogens is 2. The van der Waals surface area contributed by atoms with Crippen LogP contribution in [-0.4, -0.2) is 37.2 Å². The summed E-state index contributed by atoms with van der Waals surface area (Å²) in [4.78, 5) is 20.7. The number of rotatable bonds is 7. The highest BCUT2D eigenvalue weighted by atomic mass is 16.5. The number of fused-ring (bicyclic) bond motifs is 1. The van der Waals surface area contributed by atoms with Crippen molar-refractivity contribution < 1.29 is 19.0 Å². The number of hydrogen-bond acceptors (Lipinski definition) is 5. The summed E-state index contributed by atoms with van der Waals surface area (Å²) in [5.41, 5.74) is 2.22. The lowest BCUT2D eigenvalue weighted by atomic mass is 10.1. The minimum Gasteiger partial charge on any atom is -0.493 e. The second-order valence-corrected chi connectivity index (χ2v) is 5.99. The Kier molecular flexibility index (Phi) is 5.49. The number of carbonyl (C=O) groups is 1. The Morgan fingerprint density at radius 1 is 1.11 bits per heavy atom. The molecule has 0 saturated heterocycles. The number of H-pyrrole nitrogens is 1. The number of hydrogen-bond donors (Lipinski definition) is 2. The van der Waals surface area contributed by atoms with Gasteiger partial charge in [0.25, 0.3) is 5.91 Å². The molecule has 1 aromatic heterocycles. The molecule has 1 unspecified atom stereocenters. The van der Waals surface area contributed by atoms with E-state index < -0.39 is 0 Å². The largest absolute Gasteiger partial charge is 0.493 e. The van der Waals surface area contributed by atoms with Crippen molar-refractivity contribution in [2.45, 2.75) is 19.4 Å². The van der Waals surface area contributed by atoms with Crippen LogP contribution in [0.2, 0.25) is 0 Å². The molecule has 1 heterocycles. The van der Waals surface area contributed by atoms with Gasteiger partial charge in [-0.15, -0.1) is 0 Å². The van der Waals surface area contributed by atoms with E-state index in [2.05, 4.69) is 15.3 Å². The molecule has 0 aliphatic rings. The Bertz CT molecular complexity index is 893. The van der Waals surface area contributed by atoms with Gasteiger partial charge >= 0.3 is 0 Å². The number of benzene rings is 2. The average molecular weight is 369 g/mol. The number of ether oxygens (including phenoxy) is 3. The molecule has 0 aliphatic carbocycles. The number of carbonyl (C=O) groups excluding carboxylic acids is 1. The topological polar surface area (TPSA) is 85.5 Å². The monoisotopic (exact) mass is 369 g/mol. The second kappa shape index (κ2) is 7.99. The van der Waals surface area contributed by atoms with E-state index in [4.69, 9.17) is 14.2 Å². The first-order chi connectivity index (χ1) is 13.1. The Morgan fingerprint density at radius 3 is 2.33 bits per heavy atom. The van der Waals surface area contributed by atoms with Gasteiger partial charge in [-0.25, -0.2) is 4.98 Å². The zero-order chi connectivity index (χ0) is 19.4. The summed E-state index contributed by atoms with van der Waals surface area (Å²) >= 11 is 0. The summed E-state index contributed by atoms with van der Waals surface area (Å²) in [7, 11) is 4.55. The van der Waals surface area contributed by atoms with Gasteiger partial charge in [-0.05, 0) is 30.7 Å². The second-order valence-electron chi connectivity index (χ2n) is 5.99. The van der Waals surface area contributed by atoms with Crippen molar-refractivity contribution in [1.82, 2.24) is 15.3 Å². The summed E-state index contributed by atoms with van der Waals surface area (Å²) in [6.45, 7) is 1.99. The molecule has 1 amide bonds. The molecule has 2 aromatic carbocycles. The highest BCUT2D eigenvalue weighted by Gasteiger charge is 2.21. The van der Waals surface area contributed by atoms with Crippen molar-refractivity contribution >= 4 is 16.9 Å². The van der Waals surface area contributed by atoms with E-state index in [1.54, 1.807) is 12.1 Å². The average Bonchev–Trinajstić information content (AvgIpc) is 3.14. The molecule has 7 nitrogen and oxygen atoms in total.